The summed E-state index contributed by atoms with van der Waals surface area (Å²) in [6, 6.07) is 6.33. The molecule has 0 atom stereocenters. The summed E-state index contributed by atoms with van der Waals surface area (Å²) >= 11 is 3.55. The molecule has 90 valence electrons. The number of hydrogen-bond acceptors (Lipinski definition) is 2. The van der Waals surface area contributed by atoms with E-state index >= 15 is 0 Å². The van der Waals surface area contributed by atoms with Crippen LogP contribution in [0.1, 0.15) is 31.2 Å². The van der Waals surface area contributed by atoms with Gasteiger partial charge in [-0.1, -0.05) is 18.9 Å². The molecule has 0 fully saturated rings. The Bertz CT molecular complexity index is 315. The molecule has 0 aliphatic heterocycles. The van der Waals surface area contributed by atoms with Crippen molar-refractivity contribution in [2.24, 2.45) is 0 Å². The van der Waals surface area contributed by atoms with Crippen LogP contribution >= 0.6 is 15.9 Å². The zero-order valence-electron chi connectivity index (χ0n) is 9.80. The van der Waals surface area contributed by atoms with Crippen molar-refractivity contribution in [2.75, 3.05) is 18.5 Å². The van der Waals surface area contributed by atoms with Gasteiger partial charge in [0.25, 0.3) is 0 Å². The number of aliphatic hydroxyl groups excluding tert-OH is 1. The molecule has 0 amide bonds. The maximum Gasteiger partial charge on any atom is 0.0484 e. The Labute approximate surface area is 106 Å². The molecule has 0 heterocycles. The van der Waals surface area contributed by atoms with Crippen molar-refractivity contribution < 1.29 is 5.11 Å². The van der Waals surface area contributed by atoms with E-state index in [1.165, 1.54) is 12.0 Å². The molecular formula is C13H20BrNO. The molecule has 0 spiro atoms. The smallest absolute Gasteiger partial charge is 0.0484 e. The Hall–Kier alpha value is -0.540. The van der Waals surface area contributed by atoms with E-state index in [1.807, 2.05) is 0 Å². The van der Waals surface area contributed by atoms with Gasteiger partial charge >= 0.3 is 0 Å². The lowest BCUT2D eigenvalue weighted by atomic mass is 10.2. The Balaban J connectivity index is 2.21. The number of unbranched alkanes of at least 4 members (excludes halogenated alkanes) is 3. The molecule has 0 unspecified atom stereocenters. The van der Waals surface area contributed by atoms with Gasteiger partial charge in [-0.25, -0.2) is 0 Å². The fourth-order valence-corrected chi connectivity index (χ4v) is 2.21. The topological polar surface area (TPSA) is 32.3 Å². The normalized spacial score (nSPS) is 10.4. The number of benzene rings is 1. The van der Waals surface area contributed by atoms with Gasteiger partial charge in [0.2, 0.25) is 0 Å². The molecule has 0 aliphatic rings. The van der Waals surface area contributed by atoms with E-state index in [1.54, 1.807) is 0 Å². The van der Waals surface area contributed by atoms with Crippen LogP contribution in [-0.4, -0.2) is 18.3 Å². The third kappa shape index (κ3) is 4.99. The predicted molar refractivity (Wildman–Crippen MR) is 72.9 cm³/mol. The summed E-state index contributed by atoms with van der Waals surface area (Å²) in [4.78, 5) is 0. The van der Waals surface area contributed by atoms with E-state index in [2.05, 4.69) is 46.4 Å². The first-order valence-electron chi connectivity index (χ1n) is 5.85. The second-order valence-electron chi connectivity index (χ2n) is 4.05. The van der Waals surface area contributed by atoms with Crippen molar-refractivity contribution in [1.82, 2.24) is 0 Å². The number of anilines is 1. The molecular weight excluding hydrogens is 266 g/mol. The molecule has 1 aromatic carbocycles. The van der Waals surface area contributed by atoms with Gasteiger partial charge in [-0.2, -0.15) is 0 Å². The molecule has 0 bridgehead atoms. The number of nitrogens with one attached hydrogen (secondary N) is 1. The van der Waals surface area contributed by atoms with Crippen LogP contribution in [0.25, 0.3) is 0 Å². The van der Waals surface area contributed by atoms with E-state index in [0.717, 1.165) is 36.0 Å². The van der Waals surface area contributed by atoms with Gasteiger partial charge < -0.3 is 10.4 Å². The molecule has 3 heteroatoms. The van der Waals surface area contributed by atoms with Crippen LogP contribution in [0.5, 0.6) is 0 Å². The molecule has 0 aliphatic carbocycles. The number of rotatable bonds is 7. The lowest BCUT2D eigenvalue weighted by Crippen LogP contribution is -2.02. The minimum atomic E-state index is 0.316. The molecule has 0 aromatic heterocycles. The van der Waals surface area contributed by atoms with E-state index in [-0.39, 0.29) is 0 Å². The summed E-state index contributed by atoms with van der Waals surface area (Å²) in [7, 11) is 0. The van der Waals surface area contributed by atoms with Crippen LogP contribution in [0.15, 0.2) is 22.7 Å². The highest BCUT2D eigenvalue weighted by molar-refractivity contribution is 9.10. The second-order valence-corrected chi connectivity index (χ2v) is 4.90. The minimum Gasteiger partial charge on any atom is -0.396 e. The third-order valence-corrected chi connectivity index (χ3v) is 3.18. The molecule has 1 rings (SSSR count). The van der Waals surface area contributed by atoms with Crippen molar-refractivity contribution >= 4 is 21.6 Å². The first-order valence-corrected chi connectivity index (χ1v) is 6.64. The molecule has 2 nitrogen and oxygen atoms in total. The Morgan fingerprint density at radius 2 is 1.94 bits per heavy atom. The summed E-state index contributed by atoms with van der Waals surface area (Å²) in [5.74, 6) is 0. The quantitative estimate of drug-likeness (QED) is 0.749. The van der Waals surface area contributed by atoms with Gasteiger partial charge in [-0.3, -0.25) is 0 Å². The Morgan fingerprint density at radius 3 is 2.62 bits per heavy atom. The molecule has 0 radical (unpaired) electrons. The zero-order valence-corrected chi connectivity index (χ0v) is 11.4. The maximum absolute atomic E-state index is 8.64. The van der Waals surface area contributed by atoms with Crippen LogP contribution in [0, 0.1) is 6.92 Å². The Kier molecular flexibility index (Phi) is 6.50. The standard InChI is InChI=1S/C13H20BrNO/c1-11-6-7-13(12(14)10-11)15-8-4-2-3-5-9-16/h6-7,10,15-16H,2-5,8-9H2,1H3. The van der Waals surface area contributed by atoms with E-state index in [0.29, 0.717) is 6.61 Å². The first kappa shape index (κ1) is 13.5. The first-order chi connectivity index (χ1) is 7.74. The maximum atomic E-state index is 8.64. The highest BCUT2D eigenvalue weighted by Crippen LogP contribution is 2.23. The fraction of sp³-hybridized carbons (Fsp3) is 0.538. The highest BCUT2D eigenvalue weighted by Gasteiger charge is 1.98. The highest BCUT2D eigenvalue weighted by atomic mass is 79.9. The van der Waals surface area contributed by atoms with Crippen LogP contribution in [-0.2, 0) is 0 Å². The van der Waals surface area contributed by atoms with Crippen LogP contribution in [0.3, 0.4) is 0 Å². The predicted octanol–water partition coefficient (Wildman–Crippen LogP) is 3.72. The zero-order chi connectivity index (χ0) is 11.8. The van der Waals surface area contributed by atoms with Gasteiger partial charge in [0.1, 0.15) is 0 Å². The largest absolute Gasteiger partial charge is 0.396 e. The molecule has 16 heavy (non-hydrogen) atoms. The monoisotopic (exact) mass is 285 g/mol. The van der Waals surface area contributed by atoms with Gasteiger partial charge in [0.05, 0.1) is 0 Å². The van der Waals surface area contributed by atoms with E-state index < -0.39 is 0 Å². The molecule has 1 aromatic rings. The summed E-state index contributed by atoms with van der Waals surface area (Å²) < 4.78 is 1.13. The SMILES string of the molecule is Cc1ccc(NCCCCCCO)c(Br)c1. The average Bonchev–Trinajstić information content (AvgIpc) is 2.26. The van der Waals surface area contributed by atoms with Crippen LogP contribution < -0.4 is 5.32 Å². The van der Waals surface area contributed by atoms with E-state index in [9.17, 15) is 0 Å². The lowest BCUT2D eigenvalue weighted by molar-refractivity contribution is 0.283. The summed E-state index contributed by atoms with van der Waals surface area (Å²) in [6.45, 7) is 3.40. The van der Waals surface area contributed by atoms with Crippen molar-refractivity contribution in [2.45, 2.75) is 32.6 Å². The number of aryl methyl sites for hydroxylation is 1. The summed E-state index contributed by atoms with van der Waals surface area (Å²) in [5, 5.41) is 12.0. The van der Waals surface area contributed by atoms with Crippen molar-refractivity contribution in [3.8, 4) is 0 Å². The summed E-state index contributed by atoms with van der Waals surface area (Å²) in [6.07, 6.45) is 4.37. The fourth-order valence-electron chi connectivity index (χ4n) is 1.58. The third-order valence-electron chi connectivity index (χ3n) is 2.52. The molecule has 2 N–H and O–H groups in total. The summed E-state index contributed by atoms with van der Waals surface area (Å²) in [5.41, 5.74) is 2.42. The Morgan fingerprint density at radius 1 is 1.19 bits per heavy atom. The number of hydrogen-bond donors (Lipinski definition) is 2. The van der Waals surface area contributed by atoms with Crippen LogP contribution in [0.4, 0.5) is 5.69 Å². The van der Waals surface area contributed by atoms with Gasteiger partial charge in [0.15, 0.2) is 0 Å². The van der Waals surface area contributed by atoms with Gasteiger partial charge in [0, 0.05) is 23.3 Å². The second kappa shape index (κ2) is 7.69. The van der Waals surface area contributed by atoms with Gasteiger partial charge in [-0.15, -0.1) is 0 Å². The van der Waals surface area contributed by atoms with E-state index in [4.69, 9.17) is 5.11 Å². The van der Waals surface area contributed by atoms with Crippen molar-refractivity contribution in [1.29, 1.82) is 0 Å². The lowest BCUT2D eigenvalue weighted by Gasteiger charge is -2.08. The number of aliphatic hydroxyl groups is 1. The minimum absolute atomic E-state index is 0.316. The van der Waals surface area contributed by atoms with Crippen LogP contribution in [0.2, 0.25) is 0 Å². The average molecular weight is 286 g/mol. The molecule has 0 saturated heterocycles. The van der Waals surface area contributed by atoms with Gasteiger partial charge in [-0.05, 0) is 53.4 Å². The van der Waals surface area contributed by atoms with Crippen molar-refractivity contribution in [3.63, 3.8) is 0 Å². The number of halogens is 1. The van der Waals surface area contributed by atoms with Crippen molar-refractivity contribution in [3.05, 3.63) is 28.2 Å². The molecule has 0 saturated carbocycles.